The third-order valence-electron chi connectivity index (χ3n) is 3.63. The summed E-state index contributed by atoms with van der Waals surface area (Å²) in [7, 11) is 0. The van der Waals surface area contributed by atoms with Crippen LogP contribution in [0, 0.1) is 5.41 Å². The maximum atomic E-state index is 11.9. The molecule has 0 N–H and O–H groups in total. The Balaban J connectivity index is 1.63. The average Bonchev–Trinajstić information content (AvgIpc) is 2.83. The molecule has 6 heteroatoms. The van der Waals surface area contributed by atoms with E-state index in [1.165, 1.54) is 6.26 Å². The lowest BCUT2D eigenvalue weighted by Crippen LogP contribution is -2.21. The van der Waals surface area contributed by atoms with Gasteiger partial charge in [0.1, 0.15) is 28.3 Å². The summed E-state index contributed by atoms with van der Waals surface area (Å²) in [6.07, 6.45) is 1.87. The van der Waals surface area contributed by atoms with Crippen LogP contribution in [0.25, 0.3) is 11.5 Å². The van der Waals surface area contributed by atoms with Crippen molar-refractivity contribution in [1.82, 2.24) is 4.98 Å². The second-order valence-corrected chi connectivity index (χ2v) is 6.78. The number of aromatic nitrogens is 1. The number of nitrogens with zero attached hydrogens (tertiary/aromatic N) is 1. The van der Waals surface area contributed by atoms with E-state index in [0.29, 0.717) is 18.0 Å². The smallest absolute Gasteiger partial charge is 0.315 e. The first-order chi connectivity index (χ1) is 9.92. The molecule has 1 aromatic carbocycles. The van der Waals surface area contributed by atoms with Gasteiger partial charge < -0.3 is 9.15 Å². The summed E-state index contributed by atoms with van der Waals surface area (Å²) in [5.74, 6) is 0.0695. The van der Waals surface area contributed by atoms with Crippen molar-refractivity contribution in [1.29, 1.82) is 0 Å². The van der Waals surface area contributed by atoms with Crippen LogP contribution < -0.4 is 0 Å². The van der Waals surface area contributed by atoms with E-state index in [1.807, 2.05) is 30.3 Å². The number of esters is 1. The van der Waals surface area contributed by atoms with Crippen LogP contribution in [0.15, 0.2) is 41.0 Å². The van der Waals surface area contributed by atoms with Crippen LogP contribution in [0.1, 0.15) is 19.0 Å². The number of benzene rings is 1. The van der Waals surface area contributed by atoms with Gasteiger partial charge in [0.2, 0.25) is 5.89 Å². The Labute approximate surface area is 132 Å². The van der Waals surface area contributed by atoms with Crippen LogP contribution >= 0.6 is 23.2 Å². The van der Waals surface area contributed by atoms with Gasteiger partial charge in [0.05, 0.1) is 0 Å². The highest BCUT2D eigenvalue weighted by Gasteiger charge is 2.69. The highest BCUT2D eigenvalue weighted by atomic mass is 35.5. The molecule has 0 amide bonds. The Bertz CT molecular complexity index is 669. The molecule has 1 fully saturated rings. The van der Waals surface area contributed by atoms with E-state index in [9.17, 15) is 4.79 Å². The fourth-order valence-corrected chi connectivity index (χ4v) is 2.70. The van der Waals surface area contributed by atoms with Gasteiger partial charge >= 0.3 is 5.97 Å². The molecular weight excluding hydrogens is 313 g/mol. The van der Waals surface area contributed by atoms with E-state index in [2.05, 4.69) is 4.98 Å². The van der Waals surface area contributed by atoms with Crippen LogP contribution in [-0.4, -0.2) is 15.3 Å². The number of hydrogen-bond donors (Lipinski definition) is 0. The standard InChI is InChI=1S/C15H13Cl2NO3/c1-14(9-15(14,16)17)13(19)21-8-11-7-20-12(18-11)10-5-3-2-4-6-10/h2-7H,8-9H2,1H3. The van der Waals surface area contributed by atoms with E-state index in [0.717, 1.165) is 5.56 Å². The first-order valence-electron chi connectivity index (χ1n) is 6.47. The SMILES string of the molecule is CC1(C(=O)OCc2coc(-c3ccccc3)n2)CC1(Cl)Cl. The number of alkyl halides is 2. The monoisotopic (exact) mass is 325 g/mol. The van der Waals surface area contributed by atoms with Gasteiger partial charge in [0, 0.05) is 12.0 Å². The lowest BCUT2D eigenvalue weighted by Gasteiger charge is -2.10. The summed E-state index contributed by atoms with van der Waals surface area (Å²) >= 11 is 11.9. The predicted molar refractivity (Wildman–Crippen MR) is 78.9 cm³/mol. The van der Waals surface area contributed by atoms with Crippen LogP contribution in [0.5, 0.6) is 0 Å². The van der Waals surface area contributed by atoms with Crippen molar-refractivity contribution in [3.63, 3.8) is 0 Å². The Morgan fingerprint density at radius 1 is 1.38 bits per heavy atom. The number of oxazole rings is 1. The number of hydrogen-bond acceptors (Lipinski definition) is 4. The van der Waals surface area contributed by atoms with E-state index < -0.39 is 15.7 Å². The summed E-state index contributed by atoms with van der Waals surface area (Å²) < 4.78 is 9.56. The van der Waals surface area contributed by atoms with Gasteiger partial charge in [0.25, 0.3) is 0 Å². The minimum absolute atomic E-state index is 0.0363. The molecule has 0 aliphatic heterocycles. The van der Waals surface area contributed by atoms with Crippen molar-refractivity contribution in [2.45, 2.75) is 24.3 Å². The zero-order chi connectivity index (χ0) is 15.1. The van der Waals surface area contributed by atoms with E-state index >= 15 is 0 Å². The molecule has 2 aromatic rings. The minimum Gasteiger partial charge on any atom is -0.459 e. The summed E-state index contributed by atoms with van der Waals surface area (Å²) in [4.78, 5) is 16.2. The molecule has 110 valence electrons. The highest BCUT2D eigenvalue weighted by molar-refractivity contribution is 6.53. The molecule has 0 saturated heterocycles. The molecular formula is C15H13Cl2NO3. The molecule has 1 aliphatic carbocycles. The molecule has 0 bridgehead atoms. The third kappa shape index (κ3) is 2.65. The fourth-order valence-electron chi connectivity index (χ4n) is 2.01. The Hall–Kier alpha value is -1.52. The topological polar surface area (TPSA) is 52.3 Å². The van der Waals surface area contributed by atoms with Gasteiger partial charge in [-0.2, -0.15) is 0 Å². The summed E-state index contributed by atoms with van der Waals surface area (Å²) in [5, 5.41) is 0. The molecule has 1 saturated carbocycles. The average molecular weight is 326 g/mol. The van der Waals surface area contributed by atoms with Crippen LogP contribution in [0.3, 0.4) is 0 Å². The summed E-state index contributed by atoms with van der Waals surface area (Å²) in [6, 6.07) is 9.49. The number of carbonyl (C=O) groups excluding carboxylic acids is 1. The summed E-state index contributed by atoms with van der Waals surface area (Å²) in [6.45, 7) is 1.72. The predicted octanol–water partition coefficient (Wildman–Crippen LogP) is 3.97. The molecule has 1 unspecified atom stereocenters. The number of rotatable bonds is 4. The largest absolute Gasteiger partial charge is 0.459 e. The van der Waals surface area contributed by atoms with Crippen molar-refractivity contribution in [2.75, 3.05) is 0 Å². The Morgan fingerprint density at radius 2 is 2.05 bits per heavy atom. The zero-order valence-corrected chi connectivity index (χ0v) is 12.8. The molecule has 1 aromatic heterocycles. The second kappa shape index (κ2) is 5.04. The van der Waals surface area contributed by atoms with Gasteiger partial charge in [-0.15, -0.1) is 23.2 Å². The highest BCUT2D eigenvalue weighted by Crippen LogP contribution is 2.64. The second-order valence-electron chi connectivity index (χ2n) is 5.30. The molecule has 4 nitrogen and oxygen atoms in total. The normalized spacial score (nSPS) is 22.8. The number of carbonyl (C=O) groups is 1. The van der Waals surface area contributed by atoms with Crippen molar-refractivity contribution in [2.24, 2.45) is 5.41 Å². The van der Waals surface area contributed by atoms with Gasteiger partial charge in [-0.3, -0.25) is 4.79 Å². The molecule has 1 atom stereocenters. The Kier molecular flexibility index (Phi) is 3.46. The van der Waals surface area contributed by atoms with Crippen molar-refractivity contribution >= 4 is 29.2 Å². The number of ether oxygens (including phenoxy) is 1. The lowest BCUT2D eigenvalue weighted by molar-refractivity contribution is -0.151. The molecule has 1 aliphatic rings. The van der Waals surface area contributed by atoms with Crippen LogP contribution in [0.2, 0.25) is 0 Å². The zero-order valence-electron chi connectivity index (χ0n) is 11.3. The van der Waals surface area contributed by atoms with E-state index in [-0.39, 0.29) is 6.61 Å². The first-order valence-corrected chi connectivity index (χ1v) is 7.23. The Morgan fingerprint density at radius 3 is 2.67 bits per heavy atom. The molecule has 21 heavy (non-hydrogen) atoms. The van der Waals surface area contributed by atoms with Gasteiger partial charge in [-0.05, 0) is 19.1 Å². The first kappa shape index (κ1) is 14.4. The van der Waals surface area contributed by atoms with Crippen molar-refractivity contribution < 1.29 is 13.9 Å². The third-order valence-corrected chi connectivity index (χ3v) is 4.73. The van der Waals surface area contributed by atoms with Crippen molar-refractivity contribution in [3.05, 3.63) is 42.3 Å². The molecule has 1 heterocycles. The van der Waals surface area contributed by atoms with Gasteiger partial charge in [0.15, 0.2) is 0 Å². The van der Waals surface area contributed by atoms with E-state index in [1.54, 1.807) is 6.92 Å². The maximum Gasteiger partial charge on any atom is 0.315 e. The molecule has 3 rings (SSSR count). The number of halogens is 2. The van der Waals surface area contributed by atoms with E-state index in [4.69, 9.17) is 32.4 Å². The lowest BCUT2D eigenvalue weighted by atomic mass is 10.1. The van der Waals surface area contributed by atoms with Gasteiger partial charge in [-0.25, -0.2) is 4.98 Å². The summed E-state index contributed by atoms with van der Waals surface area (Å²) in [5.41, 5.74) is 0.577. The van der Waals surface area contributed by atoms with Crippen LogP contribution in [0.4, 0.5) is 0 Å². The molecule has 0 spiro atoms. The fraction of sp³-hybridized carbons (Fsp3) is 0.333. The van der Waals surface area contributed by atoms with Gasteiger partial charge in [-0.1, -0.05) is 18.2 Å². The van der Waals surface area contributed by atoms with Crippen molar-refractivity contribution in [3.8, 4) is 11.5 Å². The molecule has 0 radical (unpaired) electrons. The minimum atomic E-state index is -1.02. The quantitative estimate of drug-likeness (QED) is 0.630. The van der Waals surface area contributed by atoms with Crippen LogP contribution in [-0.2, 0) is 16.1 Å². The maximum absolute atomic E-state index is 11.9.